The predicted octanol–water partition coefficient (Wildman–Crippen LogP) is 3.91. The van der Waals surface area contributed by atoms with Crippen LogP contribution >= 0.6 is 0 Å². The molecule has 1 saturated carbocycles. The normalized spacial score (nSPS) is 16.3. The second kappa shape index (κ2) is 9.11. The van der Waals surface area contributed by atoms with Crippen LogP contribution < -0.4 is 0 Å². The summed E-state index contributed by atoms with van der Waals surface area (Å²) in [5.74, 6) is 0.260. The van der Waals surface area contributed by atoms with E-state index in [2.05, 4.69) is 13.8 Å². The Morgan fingerprint density at radius 2 is 1.63 bits per heavy atom. The molecule has 3 nitrogen and oxygen atoms in total. The lowest BCUT2D eigenvalue weighted by molar-refractivity contribution is -0.148. The van der Waals surface area contributed by atoms with Crippen LogP contribution in [-0.4, -0.2) is 23.3 Å². The van der Waals surface area contributed by atoms with Crippen LogP contribution in [0.3, 0.4) is 0 Å². The van der Waals surface area contributed by atoms with E-state index in [9.17, 15) is 9.59 Å². The van der Waals surface area contributed by atoms with Gasteiger partial charge in [-0.2, -0.15) is 0 Å². The van der Waals surface area contributed by atoms with Gasteiger partial charge in [0.2, 0.25) is 11.8 Å². The van der Waals surface area contributed by atoms with Crippen molar-refractivity contribution >= 4 is 11.8 Å². The number of hydrogen-bond donors (Lipinski definition) is 0. The molecule has 110 valence electrons. The Balaban J connectivity index is 2.59. The van der Waals surface area contributed by atoms with E-state index >= 15 is 0 Å². The lowest BCUT2D eigenvalue weighted by atomic mass is 9.88. The van der Waals surface area contributed by atoms with Crippen LogP contribution in [0.25, 0.3) is 0 Å². The van der Waals surface area contributed by atoms with Crippen molar-refractivity contribution in [1.29, 1.82) is 0 Å². The van der Waals surface area contributed by atoms with Gasteiger partial charge in [0.25, 0.3) is 0 Å². The smallest absolute Gasteiger partial charge is 0.232 e. The molecule has 0 aromatic heterocycles. The molecule has 1 aliphatic rings. The van der Waals surface area contributed by atoms with Gasteiger partial charge in [0, 0.05) is 18.9 Å². The predicted molar refractivity (Wildman–Crippen MR) is 77.7 cm³/mol. The van der Waals surface area contributed by atoms with Crippen molar-refractivity contribution in [2.75, 3.05) is 6.54 Å². The maximum Gasteiger partial charge on any atom is 0.232 e. The molecule has 0 bridgehead atoms. The first-order valence-electron chi connectivity index (χ1n) is 8.04. The summed E-state index contributed by atoms with van der Waals surface area (Å²) < 4.78 is 0. The minimum Gasteiger partial charge on any atom is -0.282 e. The molecule has 0 spiro atoms. The third-order valence-electron chi connectivity index (χ3n) is 4.00. The summed E-state index contributed by atoms with van der Waals surface area (Å²) in [6.45, 7) is 4.79. The second-order valence-corrected chi connectivity index (χ2v) is 5.68. The monoisotopic (exact) mass is 267 g/mol. The van der Waals surface area contributed by atoms with Gasteiger partial charge in [-0.1, -0.05) is 46.0 Å². The number of imide groups is 1. The van der Waals surface area contributed by atoms with E-state index in [1.165, 1.54) is 6.42 Å². The third kappa shape index (κ3) is 5.33. The first kappa shape index (κ1) is 16.2. The van der Waals surface area contributed by atoms with E-state index in [1.807, 2.05) is 0 Å². The fourth-order valence-corrected chi connectivity index (χ4v) is 2.71. The Labute approximate surface area is 117 Å². The summed E-state index contributed by atoms with van der Waals surface area (Å²) in [6, 6.07) is 0. The molecule has 3 heteroatoms. The molecule has 0 atom stereocenters. The zero-order chi connectivity index (χ0) is 14.1. The van der Waals surface area contributed by atoms with Crippen molar-refractivity contribution in [1.82, 2.24) is 4.90 Å². The lowest BCUT2D eigenvalue weighted by Gasteiger charge is -2.28. The first-order chi connectivity index (χ1) is 9.20. The fraction of sp³-hybridized carbons (Fsp3) is 0.875. The van der Waals surface area contributed by atoms with Gasteiger partial charge in [-0.25, -0.2) is 0 Å². The van der Waals surface area contributed by atoms with Gasteiger partial charge in [0.05, 0.1) is 0 Å². The molecular weight excluding hydrogens is 238 g/mol. The number of carbonyl (C=O) groups is 2. The minimum atomic E-state index is 0.0471. The van der Waals surface area contributed by atoms with Crippen LogP contribution in [0.4, 0.5) is 0 Å². The van der Waals surface area contributed by atoms with Crippen molar-refractivity contribution in [3.63, 3.8) is 0 Å². The molecule has 0 heterocycles. The quantitative estimate of drug-likeness (QED) is 0.701. The number of unbranched alkanes of at least 4 members (excludes halogenated alkanes) is 2. The Kier molecular flexibility index (Phi) is 7.76. The molecule has 0 aromatic carbocycles. The third-order valence-corrected chi connectivity index (χ3v) is 4.00. The first-order valence-corrected chi connectivity index (χ1v) is 8.04. The van der Waals surface area contributed by atoms with Gasteiger partial charge in [0.1, 0.15) is 0 Å². The van der Waals surface area contributed by atoms with Crippen LogP contribution in [0.2, 0.25) is 0 Å². The zero-order valence-corrected chi connectivity index (χ0v) is 12.6. The number of rotatable bonds is 7. The molecule has 0 N–H and O–H groups in total. The molecule has 1 aliphatic carbocycles. The number of carbonyl (C=O) groups excluding carboxylic acids is 2. The molecular formula is C16H29NO2. The summed E-state index contributed by atoms with van der Waals surface area (Å²) in [5, 5.41) is 0. The van der Waals surface area contributed by atoms with E-state index < -0.39 is 0 Å². The Bertz CT molecular complexity index is 282. The number of nitrogens with zero attached hydrogens (tertiary/aromatic N) is 1. The molecule has 0 aliphatic heterocycles. The highest BCUT2D eigenvalue weighted by Gasteiger charge is 2.28. The maximum absolute atomic E-state index is 12.5. The van der Waals surface area contributed by atoms with Crippen LogP contribution in [0, 0.1) is 5.92 Å². The summed E-state index contributed by atoms with van der Waals surface area (Å²) in [5.41, 5.74) is 0. The number of amides is 2. The standard InChI is InChI=1S/C16H29NO2/c1-3-5-12-15(18)17(13-6-4-2)16(19)14-10-8-7-9-11-14/h14H,3-13H2,1-2H3. The van der Waals surface area contributed by atoms with Gasteiger partial charge < -0.3 is 0 Å². The van der Waals surface area contributed by atoms with Gasteiger partial charge in [-0.3, -0.25) is 14.5 Å². The highest BCUT2D eigenvalue weighted by Crippen LogP contribution is 2.26. The van der Waals surface area contributed by atoms with Gasteiger partial charge in [0.15, 0.2) is 0 Å². The largest absolute Gasteiger partial charge is 0.282 e. The molecule has 19 heavy (non-hydrogen) atoms. The van der Waals surface area contributed by atoms with Crippen LogP contribution in [0.1, 0.15) is 78.1 Å². The van der Waals surface area contributed by atoms with E-state index in [0.29, 0.717) is 13.0 Å². The Morgan fingerprint density at radius 1 is 1.00 bits per heavy atom. The van der Waals surface area contributed by atoms with Gasteiger partial charge in [-0.05, 0) is 25.7 Å². The second-order valence-electron chi connectivity index (χ2n) is 5.68. The van der Waals surface area contributed by atoms with Crippen LogP contribution in [-0.2, 0) is 9.59 Å². The molecule has 1 rings (SSSR count). The Hall–Kier alpha value is -0.860. The molecule has 0 saturated heterocycles. The van der Waals surface area contributed by atoms with Crippen molar-refractivity contribution in [2.45, 2.75) is 78.1 Å². The molecule has 0 radical (unpaired) electrons. The number of hydrogen-bond acceptors (Lipinski definition) is 2. The topological polar surface area (TPSA) is 37.4 Å². The highest BCUT2D eigenvalue weighted by molar-refractivity contribution is 5.96. The van der Waals surface area contributed by atoms with Crippen molar-refractivity contribution < 1.29 is 9.59 Å². The zero-order valence-electron chi connectivity index (χ0n) is 12.6. The van der Waals surface area contributed by atoms with Crippen molar-refractivity contribution in [3.8, 4) is 0 Å². The molecule has 0 aromatic rings. The van der Waals surface area contributed by atoms with Gasteiger partial charge >= 0.3 is 0 Å². The summed E-state index contributed by atoms with van der Waals surface area (Å²) >= 11 is 0. The Morgan fingerprint density at radius 3 is 2.21 bits per heavy atom. The molecule has 1 fully saturated rings. The average Bonchev–Trinajstić information content (AvgIpc) is 2.46. The van der Waals surface area contributed by atoms with Crippen LogP contribution in [0.5, 0.6) is 0 Å². The maximum atomic E-state index is 12.5. The lowest BCUT2D eigenvalue weighted by Crippen LogP contribution is -2.42. The van der Waals surface area contributed by atoms with E-state index in [1.54, 1.807) is 4.90 Å². The average molecular weight is 267 g/mol. The fourth-order valence-electron chi connectivity index (χ4n) is 2.71. The SMILES string of the molecule is CCCCC(=O)N(CCCC)C(=O)C1CCCCC1. The summed E-state index contributed by atoms with van der Waals surface area (Å²) in [4.78, 5) is 26.3. The van der Waals surface area contributed by atoms with Crippen LogP contribution in [0.15, 0.2) is 0 Å². The van der Waals surface area contributed by atoms with Crippen molar-refractivity contribution in [3.05, 3.63) is 0 Å². The summed E-state index contributed by atoms with van der Waals surface area (Å²) in [6.07, 6.45) is 9.84. The van der Waals surface area contributed by atoms with E-state index in [4.69, 9.17) is 0 Å². The van der Waals surface area contributed by atoms with E-state index in [0.717, 1.165) is 51.4 Å². The van der Waals surface area contributed by atoms with Gasteiger partial charge in [-0.15, -0.1) is 0 Å². The van der Waals surface area contributed by atoms with Crippen molar-refractivity contribution in [2.24, 2.45) is 5.92 Å². The highest BCUT2D eigenvalue weighted by atomic mass is 16.2. The molecule has 2 amide bonds. The minimum absolute atomic E-state index is 0.0471. The summed E-state index contributed by atoms with van der Waals surface area (Å²) in [7, 11) is 0. The molecule has 0 unspecified atom stereocenters. The van der Waals surface area contributed by atoms with E-state index in [-0.39, 0.29) is 17.7 Å².